The zero-order valence-electron chi connectivity index (χ0n) is 18.1. The number of para-hydroxylation sites is 1. The van der Waals surface area contributed by atoms with Crippen LogP contribution >= 0.6 is 11.8 Å². The number of benzene rings is 3. The average Bonchev–Trinajstić information content (AvgIpc) is 2.81. The van der Waals surface area contributed by atoms with Gasteiger partial charge < -0.3 is 20.3 Å². The third kappa shape index (κ3) is 5.06. The number of carbonyl (C=O) groups is 2. The third-order valence-corrected chi connectivity index (χ3v) is 6.30. The molecule has 3 aromatic rings. The van der Waals surface area contributed by atoms with Gasteiger partial charge in [-0.15, -0.1) is 11.8 Å². The number of aryl methyl sites for hydroxylation is 1. The van der Waals surface area contributed by atoms with Crippen molar-refractivity contribution in [2.75, 3.05) is 23.1 Å². The van der Waals surface area contributed by atoms with Crippen molar-refractivity contribution in [3.05, 3.63) is 83.4 Å². The van der Waals surface area contributed by atoms with Crippen molar-refractivity contribution >= 4 is 35.1 Å². The molecule has 0 unspecified atom stereocenters. The van der Waals surface area contributed by atoms with Crippen molar-refractivity contribution in [3.63, 3.8) is 0 Å². The molecule has 1 heterocycles. The van der Waals surface area contributed by atoms with Crippen molar-refractivity contribution < 1.29 is 14.3 Å². The van der Waals surface area contributed by atoms with Crippen molar-refractivity contribution in [2.24, 2.45) is 0 Å². The van der Waals surface area contributed by atoms with Gasteiger partial charge in [0.2, 0.25) is 5.91 Å². The average molecular weight is 448 g/mol. The number of hydrogen-bond donors (Lipinski definition) is 2. The van der Waals surface area contributed by atoms with Gasteiger partial charge in [-0.2, -0.15) is 0 Å². The fourth-order valence-electron chi connectivity index (χ4n) is 3.53. The summed E-state index contributed by atoms with van der Waals surface area (Å²) < 4.78 is 5.32. The Morgan fingerprint density at radius 2 is 1.88 bits per heavy atom. The second-order valence-corrected chi connectivity index (χ2v) is 8.57. The molecule has 32 heavy (non-hydrogen) atoms. The van der Waals surface area contributed by atoms with Crippen molar-refractivity contribution in [3.8, 4) is 5.75 Å². The van der Waals surface area contributed by atoms with E-state index in [-0.39, 0.29) is 11.9 Å². The molecule has 0 aliphatic carbocycles. The Morgan fingerprint density at radius 1 is 1.09 bits per heavy atom. The highest BCUT2D eigenvalue weighted by Crippen LogP contribution is 2.38. The molecule has 2 N–H and O–H groups in total. The number of hydrogen-bond acceptors (Lipinski definition) is 4. The van der Waals surface area contributed by atoms with Gasteiger partial charge in [0, 0.05) is 22.7 Å². The quantitative estimate of drug-likeness (QED) is 0.560. The molecule has 7 heteroatoms. The number of nitrogens with zero attached hydrogens (tertiary/aromatic N) is 1. The van der Waals surface area contributed by atoms with Crippen LogP contribution in [0.3, 0.4) is 0 Å². The summed E-state index contributed by atoms with van der Waals surface area (Å²) in [5.41, 5.74) is 4.58. The van der Waals surface area contributed by atoms with Crippen LogP contribution < -0.4 is 20.3 Å². The zero-order chi connectivity index (χ0) is 22.5. The number of rotatable bonds is 6. The fraction of sp³-hybridized carbons (Fsp3) is 0.200. The lowest BCUT2D eigenvalue weighted by atomic mass is 10.1. The Balaban J connectivity index is 1.47. The molecular formula is C25H25N3O3S. The van der Waals surface area contributed by atoms with Crippen molar-refractivity contribution in [1.29, 1.82) is 0 Å². The van der Waals surface area contributed by atoms with Crippen molar-refractivity contribution in [1.82, 2.24) is 5.32 Å². The molecule has 0 saturated heterocycles. The topological polar surface area (TPSA) is 70.7 Å². The van der Waals surface area contributed by atoms with Gasteiger partial charge in [-0.25, -0.2) is 4.79 Å². The maximum absolute atomic E-state index is 12.7. The van der Waals surface area contributed by atoms with E-state index in [2.05, 4.69) is 10.6 Å². The van der Waals surface area contributed by atoms with Crippen LogP contribution in [0.1, 0.15) is 16.7 Å². The Labute approximate surface area is 192 Å². The number of carbonyl (C=O) groups excluding carboxylic acids is 2. The highest BCUT2D eigenvalue weighted by molar-refractivity contribution is 8.00. The molecule has 0 spiro atoms. The van der Waals surface area contributed by atoms with Crippen LogP contribution in [0.2, 0.25) is 0 Å². The molecule has 164 valence electrons. The predicted molar refractivity (Wildman–Crippen MR) is 128 cm³/mol. The molecule has 3 amide bonds. The smallest absolute Gasteiger partial charge is 0.319 e. The number of nitrogens with one attached hydrogen (secondary N) is 2. The third-order valence-electron chi connectivity index (χ3n) is 5.25. The Kier molecular flexibility index (Phi) is 6.66. The molecule has 0 atom stereocenters. The van der Waals surface area contributed by atoms with Gasteiger partial charge in [0.25, 0.3) is 0 Å². The number of methoxy groups -OCH3 is 1. The molecule has 0 bridgehead atoms. The Bertz CT molecular complexity index is 1130. The van der Waals surface area contributed by atoms with Gasteiger partial charge in [0.1, 0.15) is 5.75 Å². The van der Waals surface area contributed by atoms with Crippen LogP contribution in [0.25, 0.3) is 0 Å². The van der Waals surface area contributed by atoms with E-state index in [4.69, 9.17) is 4.74 Å². The lowest BCUT2D eigenvalue weighted by molar-refractivity contribution is -0.116. The van der Waals surface area contributed by atoms with Crippen LogP contribution in [-0.2, 0) is 17.9 Å². The molecular weight excluding hydrogens is 422 g/mol. The number of ether oxygens (including phenoxy) is 1. The summed E-state index contributed by atoms with van der Waals surface area (Å²) in [6.45, 7) is 2.88. The molecule has 1 aliphatic heterocycles. The Morgan fingerprint density at radius 3 is 2.66 bits per heavy atom. The molecule has 0 saturated carbocycles. The first-order chi connectivity index (χ1) is 15.5. The number of urea groups is 1. The monoisotopic (exact) mass is 447 g/mol. The number of thioether (sulfide) groups is 1. The maximum atomic E-state index is 12.7. The summed E-state index contributed by atoms with van der Waals surface area (Å²) in [6, 6.07) is 21.1. The van der Waals surface area contributed by atoms with E-state index in [1.54, 1.807) is 12.0 Å². The highest BCUT2D eigenvalue weighted by Gasteiger charge is 2.25. The van der Waals surface area contributed by atoms with Crippen molar-refractivity contribution in [2.45, 2.75) is 24.9 Å². The van der Waals surface area contributed by atoms with Crippen LogP contribution in [0.5, 0.6) is 5.75 Å². The minimum Gasteiger partial charge on any atom is -0.496 e. The first-order valence-corrected chi connectivity index (χ1v) is 11.3. The van der Waals surface area contributed by atoms with Gasteiger partial charge >= 0.3 is 6.03 Å². The summed E-state index contributed by atoms with van der Waals surface area (Å²) in [5.74, 6) is 1.19. The normalized spacial score (nSPS) is 12.8. The summed E-state index contributed by atoms with van der Waals surface area (Å²) in [6.07, 6.45) is 0. The van der Waals surface area contributed by atoms with Gasteiger partial charge in [0.15, 0.2) is 0 Å². The SMILES string of the molecule is COc1ccccc1CNC(=O)Nc1ccc2c(c1)N(Cc1ccc(C)cc1)C(=O)CS2. The molecule has 1 aliphatic rings. The largest absolute Gasteiger partial charge is 0.496 e. The second kappa shape index (κ2) is 9.78. The lowest BCUT2D eigenvalue weighted by Gasteiger charge is -2.29. The molecule has 3 aromatic carbocycles. The fourth-order valence-corrected chi connectivity index (χ4v) is 4.45. The van der Waals surface area contributed by atoms with E-state index in [0.717, 1.165) is 27.5 Å². The molecule has 4 rings (SSSR count). The molecule has 0 aromatic heterocycles. The van der Waals surface area contributed by atoms with Crippen LogP contribution in [0, 0.1) is 6.92 Å². The predicted octanol–water partition coefficient (Wildman–Crippen LogP) is 4.96. The second-order valence-electron chi connectivity index (χ2n) is 7.56. The van der Waals surface area contributed by atoms with Crippen LogP contribution in [-0.4, -0.2) is 24.8 Å². The summed E-state index contributed by atoms with van der Waals surface area (Å²) in [4.78, 5) is 28.0. The van der Waals surface area contributed by atoms with Gasteiger partial charge in [-0.05, 0) is 36.8 Å². The zero-order valence-corrected chi connectivity index (χ0v) is 18.9. The summed E-state index contributed by atoms with van der Waals surface area (Å²) in [7, 11) is 1.60. The van der Waals surface area contributed by atoms with Crippen LogP contribution in [0.4, 0.5) is 16.2 Å². The Hall–Kier alpha value is -3.45. The van der Waals surface area contributed by atoms with Gasteiger partial charge in [-0.3, -0.25) is 4.79 Å². The summed E-state index contributed by atoms with van der Waals surface area (Å²) >= 11 is 1.52. The standard InChI is InChI=1S/C25H25N3O3S/c1-17-7-9-18(10-8-17)15-28-21-13-20(11-12-23(21)32-16-24(28)29)27-25(30)26-14-19-5-3-4-6-22(19)31-2/h3-13H,14-16H2,1-2H3,(H2,26,27,30). The minimum absolute atomic E-state index is 0.0563. The van der Waals surface area contributed by atoms with Crippen LogP contribution in [0.15, 0.2) is 71.6 Å². The minimum atomic E-state index is -0.323. The van der Waals surface area contributed by atoms with E-state index < -0.39 is 0 Å². The maximum Gasteiger partial charge on any atom is 0.319 e. The number of fused-ring (bicyclic) bond motifs is 1. The number of amides is 3. The van der Waals surface area contributed by atoms with E-state index in [0.29, 0.717) is 24.5 Å². The first kappa shape index (κ1) is 21.8. The molecule has 0 fully saturated rings. The highest BCUT2D eigenvalue weighted by atomic mass is 32.2. The number of anilines is 2. The van der Waals surface area contributed by atoms with Gasteiger partial charge in [-0.1, -0.05) is 48.0 Å². The van der Waals surface area contributed by atoms with E-state index >= 15 is 0 Å². The lowest BCUT2D eigenvalue weighted by Crippen LogP contribution is -2.35. The molecule has 6 nitrogen and oxygen atoms in total. The van der Waals surface area contributed by atoms with E-state index in [9.17, 15) is 9.59 Å². The first-order valence-electron chi connectivity index (χ1n) is 10.3. The molecule has 0 radical (unpaired) electrons. The van der Waals surface area contributed by atoms with E-state index in [1.165, 1.54) is 17.3 Å². The summed E-state index contributed by atoms with van der Waals surface area (Å²) in [5, 5.41) is 5.72. The van der Waals surface area contributed by atoms with Gasteiger partial charge in [0.05, 0.1) is 25.1 Å². The van der Waals surface area contributed by atoms with E-state index in [1.807, 2.05) is 73.7 Å².